The van der Waals surface area contributed by atoms with E-state index in [0.717, 1.165) is 5.56 Å². The van der Waals surface area contributed by atoms with Crippen LogP contribution in [0, 0.1) is 13.8 Å². The average Bonchev–Trinajstić information content (AvgIpc) is 2.52. The van der Waals surface area contributed by atoms with E-state index in [1.165, 1.54) is 11.1 Å². The molecule has 0 saturated carbocycles. The van der Waals surface area contributed by atoms with Crippen LogP contribution in [0.2, 0.25) is 0 Å². The van der Waals surface area contributed by atoms with Crippen molar-refractivity contribution < 1.29 is 19.7 Å². The van der Waals surface area contributed by atoms with Gasteiger partial charge in [-0.25, -0.2) is 0 Å². The van der Waals surface area contributed by atoms with Gasteiger partial charge in [-0.15, -0.1) is 0 Å². The van der Waals surface area contributed by atoms with Crippen molar-refractivity contribution in [3.05, 3.63) is 64.7 Å². The Morgan fingerprint density at radius 3 is 2.43 bits per heavy atom. The van der Waals surface area contributed by atoms with Crippen LogP contribution in [0.5, 0.6) is 5.75 Å². The second kappa shape index (κ2) is 7.79. The highest BCUT2D eigenvalue weighted by Crippen LogP contribution is 2.24. The van der Waals surface area contributed by atoms with E-state index in [2.05, 4.69) is 26.0 Å². The van der Waals surface area contributed by atoms with E-state index in [1.54, 1.807) is 18.2 Å². The molecule has 2 rings (SSSR count). The monoisotopic (exact) mass is 314 g/mol. The first-order chi connectivity index (χ1) is 11.0. The number of ether oxygens (including phenoxy) is 1. The van der Waals surface area contributed by atoms with Gasteiger partial charge in [-0.3, -0.25) is 4.79 Å². The number of carboxylic acid groups (broad SMARTS) is 1. The molecule has 2 aromatic rings. The highest BCUT2D eigenvalue weighted by Gasteiger charge is 2.11. The number of hydrogen-bond acceptors (Lipinski definition) is 3. The number of carbonyl (C=O) groups is 1. The molecule has 2 N–H and O–H groups in total. The number of hydrogen-bond donors (Lipinski definition) is 2. The molecule has 0 radical (unpaired) electrons. The average molecular weight is 314 g/mol. The van der Waals surface area contributed by atoms with Crippen LogP contribution in [0.1, 0.15) is 41.2 Å². The molecule has 0 unspecified atom stereocenters. The number of rotatable bonds is 7. The minimum absolute atomic E-state index is 0.0609. The third-order valence-corrected chi connectivity index (χ3v) is 3.90. The number of aliphatic carboxylic acids is 1. The zero-order valence-electron chi connectivity index (χ0n) is 13.5. The Bertz CT molecular complexity index is 659. The van der Waals surface area contributed by atoms with Gasteiger partial charge >= 0.3 is 5.97 Å². The van der Waals surface area contributed by atoms with E-state index >= 15 is 0 Å². The fourth-order valence-electron chi connectivity index (χ4n) is 2.47. The van der Waals surface area contributed by atoms with Gasteiger partial charge in [-0.1, -0.05) is 30.3 Å². The summed E-state index contributed by atoms with van der Waals surface area (Å²) in [5, 5.41) is 18.7. The topological polar surface area (TPSA) is 66.8 Å². The van der Waals surface area contributed by atoms with Gasteiger partial charge < -0.3 is 14.9 Å². The molecule has 0 aliphatic heterocycles. The van der Waals surface area contributed by atoms with E-state index < -0.39 is 12.1 Å². The summed E-state index contributed by atoms with van der Waals surface area (Å²) in [5.74, 6) is -0.244. The summed E-state index contributed by atoms with van der Waals surface area (Å²) in [6.45, 7) is 4.57. The largest absolute Gasteiger partial charge is 0.489 e. The van der Waals surface area contributed by atoms with Gasteiger partial charge in [0.15, 0.2) is 0 Å². The van der Waals surface area contributed by atoms with Crippen molar-refractivity contribution in [3.63, 3.8) is 0 Å². The van der Waals surface area contributed by atoms with Crippen molar-refractivity contribution in [2.75, 3.05) is 0 Å². The lowest BCUT2D eigenvalue weighted by Gasteiger charge is -2.14. The molecule has 0 bridgehead atoms. The van der Waals surface area contributed by atoms with E-state index in [0.29, 0.717) is 17.9 Å². The molecule has 2 aromatic carbocycles. The van der Waals surface area contributed by atoms with E-state index in [4.69, 9.17) is 9.84 Å². The summed E-state index contributed by atoms with van der Waals surface area (Å²) in [6, 6.07) is 13.3. The van der Waals surface area contributed by atoms with Crippen molar-refractivity contribution in [2.45, 2.75) is 39.4 Å². The van der Waals surface area contributed by atoms with Crippen LogP contribution < -0.4 is 4.74 Å². The molecule has 122 valence electrons. The minimum Gasteiger partial charge on any atom is -0.489 e. The zero-order valence-corrected chi connectivity index (χ0v) is 13.5. The van der Waals surface area contributed by atoms with Gasteiger partial charge in [0.1, 0.15) is 12.4 Å². The fraction of sp³-hybridized carbons (Fsp3) is 0.316. The van der Waals surface area contributed by atoms with Crippen molar-refractivity contribution >= 4 is 5.97 Å². The first kappa shape index (κ1) is 17.0. The molecular formula is C19H22O4. The van der Waals surface area contributed by atoms with Gasteiger partial charge in [0.25, 0.3) is 0 Å². The number of benzene rings is 2. The Hall–Kier alpha value is -2.33. The van der Waals surface area contributed by atoms with Crippen LogP contribution in [0.3, 0.4) is 0 Å². The van der Waals surface area contributed by atoms with Gasteiger partial charge in [-0.05, 0) is 54.7 Å². The predicted octanol–water partition coefficient (Wildman–Crippen LogP) is 3.78. The van der Waals surface area contributed by atoms with Crippen LogP contribution in [0.15, 0.2) is 42.5 Å². The smallest absolute Gasteiger partial charge is 0.303 e. The molecule has 0 aliphatic carbocycles. The molecule has 0 amide bonds. The maximum absolute atomic E-state index is 10.6. The van der Waals surface area contributed by atoms with Crippen molar-refractivity contribution in [1.29, 1.82) is 0 Å². The lowest BCUT2D eigenvalue weighted by molar-refractivity contribution is -0.137. The summed E-state index contributed by atoms with van der Waals surface area (Å²) in [5.41, 5.74) is 4.19. The standard InChI is InChI=1S/C19H22O4/c1-13-5-3-6-14(2)17(13)12-23-16-8-4-7-15(11-16)18(20)9-10-19(21)22/h3-8,11,18,20H,9-10,12H2,1-2H3,(H,21,22)/t18-/m1/s1. The third kappa shape index (κ3) is 4.83. The van der Waals surface area contributed by atoms with Crippen LogP contribution >= 0.6 is 0 Å². The normalized spacial score (nSPS) is 12.0. The first-order valence-electron chi connectivity index (χ1n) is 7.65. The number of aryl methyl sites for hydroxylation is 2. The number of aliphatic hydroxyl groups is 1. The summed E-state index contributed by atoms with van der Waals surface area (Å²) in [4.78, 5) is 10.6. The summed E-state index contributed by atoms with van der Waals surface area (Å²) < 4.78 is 5.84. The molecule has 4 nitrogen and oxygen atoms in total. The first-order valence-corrected chi connectivity index (χ1v) is 7.65. The Balaban J connectivity index is 2.04. The van der Waals surface area contributed by atoms with E-state index in [9.17, 15) is 9.90 Å². The summed E-state index contributed by atoms with van der Waals surface area (Å²) in [6.07, 6.45) is -0.667. The molecule has 0 fully saturated rings. The highest BCUT2D eigenvalue weighted by molar-refractivity contribution is 5.66. The molecule has 0 aliphatic rings. The maximum Gasteiger partial charge on any atom is 0.303 e. The van der Waals surface area contributed by atoms with Crippen LogP contribution in [0.4, 0.5) is 0 Å². The van der Waals surface area contributed by atoms with Gasteiger partial charge in [0, 0.05) is 6.42 Å². The molecule has 23 heavy (non-hydrogen) atoms. The Labute approximate surface area is 136 Å². The van der Waals surface area contributed by atoms with Crippen molar-refractivity contribution in [3.8, 4) is 5.75 Å². The second-order valence-electron chi connectivity index (χ2n) is 5.68. The predicted molar refractivity (Wildman–Crippen MR) is 88.5 cm³/mol. The zero-order chi connectivity index (χ0) is 16.8. The van der Waals surface area contributed by atoms with Gasteiger partial charge in [0.2, 0.25) is 0 Å². The fourth-order valence-corrected chi connectivity index (χ4v) is 2.47. The van der Waals surface area contributed by atoms with Crippen LogP contribution in [-0.4, -0.2) is 16.2 Å². The van der Waals surface area contributed by atoms with Crippen molar-refractivity contribution in [2.24, 2.45) is 0 Å². The quantitative estimate of drug-likeness (QED) is 0.816. The van der Waals surface area contributed by atoms with Gasteiger partial charge in [0.05, 0.1) is 6.10 Å². The SMILES string of the molecule is Cc1cccc(C)c1COc1cccc([C@H](O)CCC(=O)O)c1. The number of carboxylic acids is 1. The van der Waals surface area contributed by atoms with Crippen LogP contribution in [0.25, 0.3) is 0 Å². The van der Waals surface area contributed by atoms with Gasteiger partial charge in [-0.2, -0.15) is 0 Å². The van der Waals surface area contributed by atoms with Crippen LogP contribution in [-0.2, 0) is 11.4 Å². The van der Waals surface area contributed by atoms with E-state index in [1.807, 2.05) is 12.1 Å². The Morgan fingerprint density at radius 1 is 1.13 bits per heavy atom. The molecule has 0 spiro atoms. The highest BCUT2D eigenvalue weighted by atomic mass is 16.5. The molecule has 4 heteroatoms. The van der Waals surface area contributed by atoms with Crippen molar-refractivity contribution in [1.82, 2.24) is 0 Å². The molecule has 0 heterocycles. The summed E-state index contributed by atoms with van der Waals surface area (Å²) >= 11 is 0. The second-order valence-corrected chi connectivity index (χ2v) is 5.68. The lowest BCUT2D eigenvalue weighted by Crippen LogP contribution is -2.04. The minimum atomic E-state index is -0.911. The van der Waals surface area contributed by atoms with E-state index in [-0.39, 0.29) is 12.8 Å². The molecule has 1 atom stereocenters. The summed E-state index contributed by atoms with van der Waals surface area (Å²) in [7, 11) is 0. The third-order valence-electron chi connectivity index (χ3n) is 3.90. The maximum atomic E-state index is 10.6. The molecular weight excluding hydrogens is 292 g/mol. The Kier molecular flexibility index (Phi) is 5.77. The lowest BCUT2D eigenvalue weighted by atomic mass is 10.0. The Morgan fingerprint density at radius 2 is 1.78 bits per heavy atom. The molecule has 0 saturated heterocycles. The molecule has 0 aromatic heterocycles. The number of aliphatic hydroxyl groups excluding tert-OH is 1.